The molecule has 2 saturated heterocycles. The maximum absolute atomic E-state index is 11.7. The molecule has 2 N–H and O–H groups in total. The Morgan fingerprint density at radius 1 is 1.36 bits per heavy atom. The molecule has 0 saturated carbocycles. The van der Waals surface area contributed by atoms with Crippen molar-refractivity contribution in [1.29, 1.82) is 0 Å². The Morgan fingerprint density at radius 3 is 2.55 bits per heavy atom. The number of anilines is 1. The van der Waals surface area contributed by atoms with Crippen molar-refractivity contribution in [1.82, 2.24) is 5.32 Å². The second-order valence-electron chi connectivity index (χ2n) is 5.96. The molecule has 3 rings (SSSR count). The molecule has 2 unspecified atom stereocenters. The van der Waals surface area contributed by atoms with E-state index in [1.807, 2.05) is 0 Å². The third-order valence-electron chi connectivity index (χ3n) is 4.65. The van der Waals surface area contributed by atoms with E-state index in [1.54, 1.807) is 12.1 Å². The van der Waals surface area contributed by atoms with Gasteiger partial charge < -0.3 is 15.3 Å². The molecule has 2 heterocycles. The highest BCUT2D eigenvalue weighted by atomic mass is 16.6. The predicted octanol–water partition coefficient (Wildman–Crippen LogP) is 1.45. The number of piperidine rings is 1. The topological polar surface area (TPSA) is 95.7 Å². The number of nitro benzene ring substituents is 1. The third kappa shape index (κ3) is 2.41. The molecule has 7 nitrogen and oxygen atoms in total. The van der Waals surface area contributed by atoms with E-state index in [-0.39, 0.29) is 35.3 Å². The van der Waals surface area contributed by atoms with Gasteiger partial charge in [-0.1, -0.05) is 0 Å². The zero-order chi connectivity index (χ0) is 15.9. The van der Waals surface area contributed by atoms with Crippen LogP contribution < -0.4 is 10.2 Å². The predicted molar refractivity (Wildman–Crippen MR) is 81.0 cm³/mol. The molecule has 2 aliphatic heterocycles. The first-order valence-electron chi connectivity index (χ1n) is 7.48. The smallest absolute Gasteiger partial charge is 0.293 e. The van der Waals surface area contributed by atoms with Gasteiger partial charge in [-0.2, -0.15) is 0 Å². The highest BCUT2D eigenvalue weighted by molar-refractivity contribution is 5.95. The molecular weight excluding hydrogens is 286 g/mol. The van der Waals surface area contributed by atoms with Crippen LogP contribution in [0.1, 0.15) is 36.0 Å². The maximum Gasteiger partial charge on any atom is 0.293 e. The molecule has 1 amide bonds. The molecule has 2 atom stereocenters. The van der Waals surface area contributed by atoms with Crippen LogP contribution in [0.25, 0.3) is 0 Å². The maximum atomic E-state index is 11.7. The molecule has 7 heteroatoms. The Bertz CT molecular complexity index is 605. The Hall–Kier alpha value is -2.15. The van der Waals surface area contributed by atoms with Crippen molar-refractivity contribution in [3.63, 3.8) is 0 Å². The van der Waals surface area contributed by atoms with Crippen LogP contribution in [0.4, 0.5) is 11.4 Å². The molecule has 118 valence electrons. The van der Waals surface area contributed by atoms with Crippen LogP contribution >= 0.6 is 0 Å². The Labute approximate surface area is 128 Å². The fourth-order valence-corrected chi connectivity index (χ4v) is 3.72. The lowest BCUT2D eigenvalue weighted by molar-refractivity contribution is -0.384. The second-order valence-corrected chi connectivity index (χ2v) is 5.96. The molecule has 1 aromatic carbocycles. The van der Waals surface area contributed by atoms with E-state index in [4.69, 9.17) is 0 Å². The molecule has 2 fully saturated rings. The van der Waals surface area contributed by atoms with Gasteiger partial charge in [0.15, 0.2) is 0 Å². The summed E-state index contributed by atoms with van der Waals surface area (Å²) in [7, 11) is 1.49. The van der Waals surface area contributed by atoms with Crippen molar-refractivity contribution in [3.8, 4) is 0 Å². The number of fused-ring (bicyclic) bond motifs is 2. The summed E-state index contributed by atoms with van der Waals surface area (Å²) in [5.74, 6) is -0.341. The zero-order valence-electron chi connectivity index (χ0n) is 12.4. The standard InChI is InChI=1S/C15H19N3O4/c1-16-15(20)9-2-5-13(14(6-9)18(21)22)17-10-3-4-11(17)8-12(19)7-10/h2,5-6,10-12,19H,3-4,7-8H2,1H3,(H,16,20). The number of rotatable bonds is 3. The molecule has 2 aliphatic rings. The SMILES string of the molecule is CNC(=O)c1ccc(N2C3CCC2CC(O)C3)c([N+](=O)[O-])c1. The van der Waals surface area contributed by atoms with Crippen LogP contribution in [-0.2, 0) is 0 Å². The van der Waals surface area contributed by atoms with Gasteiger partial charge in [0.05, 0.1) is 11.0 Å². The van der Waals surface area contributed by atoms with Crippen molar-refractivity contribution >= 4 is 17.3 Å². The number of aliphatic hydroxyl groups is 1. The number of aliphatic hydroxyl groups excluding tert-OH is 1. The Balaban J connectivity index is 2.00. The van der Waals surface area contributed by atoms with Gasteiger partial charge in [0.2, 0.25) is 0 Å². The monoisotopic (exact) mass is 305 g/mol. The van der Waals surface area contributed by atoms with E-state index in [9.17, 15) is 20.0 Å². The highest BCUT2D eigenvalue weighted by Crippen LogP contribution is 2.43. The summed E-state index contributed by atoms with van der Waals surface area (Å²) < 4.78 is 0. The summed E-state index contributed by atoms with van der Waals surface area (Å²) in [6, 6.07) is 4.88. The van der Waals surface area contributed by atoms with Crippen LogP contribution in [-0.4, -0.2) is 41.2 Å². The second kappa shape index (κ2) is 5.57. The van der Waals surface area contributed by atoms with E-state index >= 15 is 0 Å². The zero-order valence-corrected chi connectivity index (χ0v) is 12.4. The summed E-state index contributed by atoms with van der Waals surface area (Å²) >= 11 is 0. The molecule has 0 aliphatic carbocycles. The van der Waals surface area contributed by atoms with Gasteiger partial charge in [-0.15, -0.1) is 0 Å². The number of nitro groups is 1. The summed E-state index contributed by atoms with van der Waals surface area (Å²) in [6.07, 6.45) is 2.85. The lowest BCUT2D eigenvalue weighted by atomic mass is 9.98. The average molecular weight is 305 g/mol. The highest BCUT2D eigenvalue weighted by Gasteiger charge is 2.42. The van der Waals surface area contributed by atoms with Crippen molar-refractivity contribution in [2.45, 2.75) is 43.9 Å². The minimum atomic E-state index is -0.438. The fourth-order valence-electron chi connectivity index (χ4n) is 3.72. The Morgan fingerprint density at radius 2 is 2.00 bits per heavy atom. The summed E-state index contributed by atoms with van der Waals surface area (Å²) in [5.41, 5.74) is 0.786. The molecule has 2 bridgehead atoms. The molecule has 0 radical (unpaired) electrons. The first-order chi connectivity index (χ1) is 10.5. The number of nitrogens with zero attached hydrogens (tertiary/aromatic N) is 2. The Kier molecular flexibility index (Phi) is 3.74. The molecular formula is C15H19N3O4. The largest absolute Gasteiger partial charge is 0.393 e. The first-order valence-corrected chi connectivity index (χ1v) is 7.48. The fraction of sp³-hybridized carbons (Fsp3) is 0.533. The van der Waals surface area contributed by atoms with Crippen molar-refractivity contribution in [3.05, 3.63) is 33.9 Å². The van der Waals surface area contributed by atoms with E-state index in [0.717, 1.165) is 12.8 Å². The normalized spacial score (nSPS) is 26.8. The van der Waals surface area contributed by atoms with Crippen LogP contribution in [0.3, 0.4) is 0 Å². The number of benzene rings is 1. The minimum Gasteiger partial charge on any atom is -0.393 e. The van der Waals surface area contributed by atoms with E-state index in [0.29, 0.717) is 18.5 Å². The molecule has 0 spiro atoms. The number of amides is 1. The van der Waals surface area contributed by atoms with E-state index < -0.39 is 4.92 Å². The van der Waals surface area contributed by atoms with Crippen LogP contribution in [0.15, 0.2) is 18.2 Å². The van der Waals surface area contributed by atoms with Gasteiger partial charge in [0.1, 0.15) is 5.69 Å². The third-order valence-corrected chi connectivity index (χ3v) is 4.65. The summed E-state index contributed by atoms with van der Waals surface area (Å²) in [4.78, 5) is 24.7. The van der Waals surface area contributed by atoms with E-state index in [2.05, 4.69) is 10.2 Å². The molecule has 22 heavy (non-hydrogen) atoms. The van der Waals surface area contributed by atoms with Crippen LogP contribution in [0.5, 0.6) is 0 Å². The van der Waals surface area contributed by atoms with Gasteiger partial charge in [-0.05, 0) is 37.8 Å². The van der Waals surface area contributed by atoms with Gasteiger partial charge in [0.25, 0.3) is 11.6 Å². The van der Waals surface area contributed by atoms with Gasteiger partial charge in [-0.25, -0.2) is 0 Å². The van der Waals surface area contributed by atoms with E-state index in [1.165, 1.54) is 13.1 Å². The lowest BCUT2D eigenvalue weighted by Crippen LogP contribution is -2.45. The van der Waals surface area contributed by atoms with Crippen LogP contribution in [0.2, 0.25) is 0 Å². The quantitative estimate of drug-likeness (QED) is 0.651. The first kappa shape index (κ1) is 14.8. The average Bonchev–Trinajstić information content (AvgIpc) is 2.77. The van der Waals surface area contributed by atoms with Crippen molar-refractivity contribution < 1.29 is 14.8 Å². The summed E-state index contributed by atoms with van der Waals surface area (Å²) in [5, 5.41) is 23.8. The van der Waals surface area contributed by atoms with Crippen LogP contribution in [0, 0.1) is 10.1 Å². The summed E-state index contributed by atoms with van der Waals surface area (Å²) in [6.45, 7) is 0. The number of carbonyl (C=O) groups is 1. The van der Waals surface area contributed by atoms with Gasteiger partial charge in [-0.3, -0.25) is 14.9 Å². The van der Waals surface area contributed by atoms with Gasteiger partial charge >= 0.3 is 0 Å². The number of hydrogen-bond acceptors (Lipinski definition) is 5. The van der Waals surface area contributed by atoms with Gasteiger partial charge in [0, 0.05) is 30.8 Å². The number of carbonyl (C=O) groups excluding carboxylic acids is 1. The number of hydrogen-bond donors (Lipinski definition) is 2. The number of nitrogens with one attached hydrogen (secondary N) is 1. The van der Waals surface area contributed by atoms with Crippen molar-refractivity contribution in [2.75, 3.05) is 11.9 Å². The molecule has 0 aromatic heterocycles. The minimum absolute atomic E-state index is 0.0469. The molecule has 1 aromatic rings. The lowest BCUT2D eigenvalue weighted by Gasteiger charge is -2.38. The van der Waals surface area contributed by atoms with Crippen molar-refractivity contribution in [2.24, 2.45) is 0 Å².